The first-order chi connectivity index (χ1) is 27.8. The highest BCUT2D eigenvalue weighted by atomic mass is 35.5. The van der Waals surface area contributed by atoms with Crippen molar-refractivity contribution in [2.24, 2.45) is 0 Å². The van der Waals surface area contributed by atoms with E-state index >= 15 is 0 Å². The summed E-state index contributed by atoms with van der Waals surface area (Å²) in [5.41, 5.74) is 3.80. The standard InChI is InChI=1S/C36H30Cl2N2O7S2.C5H5ClS.CH2O/c1-4-46-29-14-9-26(19-30(29)45-3)40(2)49-31-20-32(38)48-35(31)36(44)39-25-16-21(15-24(37)18-25)17-33(42)47-28-12-7-23(8-13-28)34(43)22-5-10-27(41)11-6-22;1-4-2-5(6)7-3-4;1-2/h5-16,18-20,41H,4,17H2,1-3H3,(H,39,44);2-3H,1H3;1H2. The third-order valence-electron chi connectivity index (χ3n) is 7.66. The number of phenols is 1. The zero-order valence-corrected chi connectivity index (χ0v) is 36.3. The van der Waals surface area contributed by atoms with E-state index in [0.29, 0.717) is 59.6 Å². The van der Waals surface area contributed by atoms with E-state index in [1.165, 1.54) is 53.9 Å². The van der Waals surface area contributed by atoms with Crippen molar-refractivity contribution in [2.75, 3.05) is 30.4 Å². The van der Waals surface area contributed by atoms with Crippen molar-refractivity contribution in [3.05, 3.63) is 143 Å². The Morgan fingerprint density at radius 1 is 0.862 bits per heavy atom. The summed E-state index contributed by atoms with van der Waals surface area (Å²) in [6.45, 7) is 6.44. The van der Waals surface area contributed by atoms with Crippen LogP contribution < -0.4 is 23.8 Å². The topological polar surface area (TPSA) is 131 Å². The molecular weight excluding hydrogens is 863 g/mol. The van der Waals surface area contributed by atoms with E-state index in [9.17, 15) is 19.5 Å². The molecule has 10 nitrogen and oxygen atoms in total. The number of aromatic hydroxyl groups is 1. The fourth-order valence-electron chi connectivity index (χ4n) is 5.10. The lowest BCUT2D eigenvalue weighted by Crippen LogP contribution is -2.14. The van der Waals surface area contributed by atoms with Crippen molar-refractivity contribution >= 4 is 105 Å². The molecule has 2 aromatic heterocycles. The van der Waals surface area contributed by atoms with Crippen LogP contribution in [0.25, 0.3) is 0 Å². The Bertz CT molecular complexity index is 2320. The Morgan fingerprint density at radius 2 is 1.53 bits per heavy atom. The zero-order chi connectivity index (χ0) is 42.4. The molecule has 0 bridgehead atoms. The van der Waals surface area contributed by atoms with Gasteiger partial charge in [-0.3, -0.25) is 14.4 Å². The maximum atomic E-state index is 13.5. The largest absolute Gasteiger partial charge is 0.508 e. The Morgan fingerprint density at radius 3 is 2.12 bits per heavy atom. The van der Waals surface area contributed by atoms with Crippen LogP contribution in [0, 0.1) is 6.92 Å². The predicted molar refractivity (Wildman–Crippen MR) is 236 cm³/mol. The van der Waals surface area contributed by atoms with Gasteiger partial charge in [-0.05, 0) is 133 Å². The van der Waals surface area contributed by atoms with Crippen LogP contribution in [0.2, 0.25) is 13.7 Å². The summed E-state index contributed by atoms with van der Waals surface area (Å²) < 4.78 is 19.8. The fraction of sp³-hybridized carbons (Fsp3) is 0.143. The predicted octanol–water partition coefficient (Wildman–Crippen LogP) is 11.5. The van der Waals surface area contributed by atoms with Gasteiger partial charge in [0.25, 0.3) is 5.91 Å². The molecule has 0 spiro atoms. The first-order valence-electron chi connectivity index (χ1n) is 17.1. The molecule has 0 unspecified atom stereocenters. The van der Waals surface area contributed by atoms with Crippen molar-refractivity contribution in [2.45, 2.75) is 25.2 Å². The number of phenolic OH excluding ortho intramolecular Hbond substituents is 1. The van der Waals surface area contributed by atoms with Crippen molar-refractivity contribution in [3.63, 3.8) is 0 Å². The molecule has 58 heavy (non-hydrogen) atoms. The van der Waals surface area contributed by atoms with E-state index in [2.05, 4.69) is 5.32 Å². The maximum Gasteiger partial charge on any atom is 0.315 e. The van der Waals surface area contributed by atoms with Crippen molar-refractivity contribution in [1.29, 1.82) is 0 Å². The molecule has 0 atom stereocenters. The van der Waals surface area contributed by atoms with Crippen molar-refractivity contribution in [1.82, 2.24) is 0 Å². The van der Waals surface area contributed by atoms with Gasteiger partial charge in [0.15, 0.2) is 17.3 Å². The van der Waals surface area contributed by atoms with Gasteiger partial charge < -0.3 is 33.7 Å². The fourth-order valence-corrected chi connectivity index (χ4v) is 8.53. The van der Waals surface area contributed by atoms with E-state index in [-0.39, 0.29) is 23.7 Å². The molecule has 0 aliphatic rings. The van der Waals surface area contributed by atoms with E-state index in [1.807, 2.05) is 61.6 Å². The highest BCUT2D eigenvalue weighted by Crippen LogP contribution is 2.40. The molecule has 0 aliphatic carbocycles. The molecule has 2 N–H and O–H groups in total. The second-order valence-corrected chi connectivity index (χ2v) is 16.7. The molecule has 302 valence electrons. The number of nitrogens with zero attached hydrogens (tertiary/aromatic N) is 1. The minimum Gasteiger partial charge on any atom is -0.508 e. The highest BCUT2D eigenvalue weighted by Gasteiger charge is 2.20. The average Bonchev–Trinajstić information content (AvgIpc) is 3.78. The summed E-state index contributed by atoms with van der Waals surface area (Å²) in [4.78, 5) is 48.0. The number of hydrogen-bond donors (Lipinski definition) is 2. The Hall–Kier alpha value is -5.02. The van der Waals surface area contributed by atoms with Gasteiger partial charge in [0.1, 0.15) is 23.2 Å². The van der Waals surface area contributed by atoms with E-state index in [1.54, 1.807) is 54.8 Å². The second-order valence-electron chi connectivity index (χ2n) is 11.9. The van der Waals surface area contributed by atoms with E-state index in [0.717, 1.165) is 21.4 Å². The lowest BCUT2D eigenvalue weighted by Gasteiger charge is -2.20. The molecule has 0 saturated heterocycles. The number of ketones is 1. The Balaban J connectivity index is 0.000000737. The molecule has 6 aromatic rings. The molecule has 6 rings (SSSR count). The normalized spacial score (nSPS) is 10.3. The number of amides is 1. The number of ether oxygens (including phenoxy) is 3. The quantitative estimate of drug-likeness (QED) is 0.0500. The van der Waals surface area contributed by atoms with Crippen molar-refractivity contribution < 1.29 is 38.5 Å². The number of anilines is 2. The molecule has 16 heteroatoms. The molecule has 0 radical (unpaired) electrons. The molecule has 4 aromatic carbocycles. The molecular formula is C42H37Cl3N2O8S3. The molecule has 0 saturated carbocycles. The third kappa shape index (κ3) is 13.3. The monoisotopic (exact) mass is 898 g/mol. The van der Waals surface area contributed by atoms with E-state index in [4.69, 9.17) is 53.8 Å². The summed E-state index contributed by atoms with van der Waals surface area (Å²) in [5, 5.41) is 14.7. The summed E-state index contributed by atoms with van der Waals surface area (Å²) in [7, 11) is 3.44. The number of hydrogen-bond acceptors (Lipinski definition) is 12. The van der Waals surface area contributed by atoms with Gasteiger partial charge >= 0.3 is 5.97 Å². The highest BCUT2D eigenvalue weighted by molar-refractivity contribution is 8.00. The lowest BCUT2D eigenvalue weighted by molar-refractivity contribution is -0.133. The maximum absolute atomic E-state index is 13.5. The number of methoxy groups -OCH3 is 1. The Labute approximate surface area is 363 Å². The number of aryl methyl sites for hydroxylation is 1. The molecule has 0 fully saturated rings. The van der Waals surface area contributed by atoms with Gasteiger partial charge in [0.05, 0.1) is 39.4 Å². The van der Waals surface area contributed by atoms with Crippen LogP contribution in [-0.4, -0.2) is 50.3 Å². The summed E-state index contributed by atoms with van der Waals surface area (Å²) in [6, 6.07) is 26.2. The average molecular weight is 900 g/mol. The van der Waals surface area contributed by atoms with Gasteiger partial charge in [-0.2, -0.15) is 0 Å². The van der Waals surface area contributed by atoms with Crippen LogP contribution in [0.4, 0.5) is 11.4 Å². The number of benzene rings is 4. The van der Waals surface area contributed by atoms with Crippen LogP contribution in [0.1, 0.15) is 43.6 Å². The minimum absolute atomic E-state index is 0.0654. The van der Waals surface area contributed by atoms with Gasteiger partial charge in [-0.25, -0.2) is 0 Å². The zero-order valence-electron chi connectivity index (χ0n) is 31.5. The van der Waals surface area contributed by atoms with Gasteiger partial charge in [0, 0.05) is 35.0 Å². The van der Waals surface area contributed by atoms with Gasteiger partial charge in [0.2, 0.25) is 0 Å². The first kappa shape index (κ1) is 45.7. The number of nitrogens with one attached hydrogen (secondary N) is 1. The molecule has 2 heterocycles. The van der Waals surface area contributed by atoms with Crippen LogP contribution in [-0.2, 0) is 16.0 Å². The number of halogens is 3. The smallest absolute Gasteiger partial charge is 0.315 e. The molecule has 1 amide bonds. The summed E-state index contributed by atoms with van der Waals surface area (Å²) >= 11 is 22.3. The van der Waals surface area contributed by atoms with Crippen molar-refractivity contribution in [3.8, 4) is 23.0 Å². The Kier molecular flexibility index (Phi) is 17.5. The SMILES string of the molecule is C=O.CCOc1ccc(N(C)Sc2cc(Cl)sc2C(=O)Nc2cc(Cl)cc(CC(=O)Oc3ccc(C(=O)c4ccc(O)cc4)cc3)c2)cc1OC.Cc1csc(Cl)c1. The van der Waals surface area contributed by atoms with E-state index < -0.39 is 11.9 Å². The lowest BCUT2D eigenvalue weighted by atomic mass is 10.0. The van der Waals surface area contributed by atoms with Crippen LogP contribution >= 0.6 is 69.4 Å². The van der Waals surface area contributed by atoms with Crippen LogP contribution in [0.3, 0.4) is 0 Å². The van der Waals surface area contributed by atoms with Gasteiger partial charge in [-0.1, -0.05) is 34.8 Å². The summed E-state index contributed by atoms with van der Waals surface area (Å²) in [6.07, 6.45) is -0.125. The number of esters is 1. The van der Waals surface area contributed by atoms with Crippen LogP contribution in [0.15, 0.2) is 107 Å². The first-order valence-corrected chi connectivity index (χ1v) is 20.7. The second kappa shape index (κ2) is 22.2. The third-order valence-corrected chi connectivity index (χ3v) is 11.5. The summed E-state index contributed by atoms with van der Waals surface area (Å²) in [5.74, 6) is 0.359. The molecule has 0 aliphatic heterocycles. The number of rotatable bonds is 13. The van der Waals surface area contributed by atoms with Gasteiger partial charge in [-0.15, -0.1) is 22.7 Å². The van der Waals surface area contributed by atoms with Crippen LogP contribution in [0.5, 0.6) is 23.0 Å². The number of thiophene rings is 2. The number of carbonyl (C=O) groups is 4. The number of carbonyl (C=O) groups excluding carboxylic acids is 4. The minimum atomic E-state index is -0.560.